The van der Waals surface area contributed by atoms with Gasteiger partial charge in [0, 0.05) is 23.1 Å². The molecule has 1 N–H and O–H groups in total. The number of hydrogen-bond acceptors (Lipinski definition) is 5. The molecule has 0 aliphatic carbocycles. The lowest BCUT2D eigenvalue weighted by atomic mass is 10.2. The van der Waals surface area contributed by atoms with Crippen molar-refractivity contribution in [3.63, 3.8) is 0 Å². The number of aliphatic hydroxyl groups is 1. The van der Waals surface area contributed by atoms with Crippen LogP contribution in [0.15, 0.2) is 21.5 Å². The summed E-state index contributed by atoms with van der Waals surface area (Å²) in [7, 11) is -0.758. The van der Waals surface area contributed by atoms with Crippen LogP contribution in [0.1, 0.15) is 12.8 Å². The van der Waals surface area contributed by atoms with E-state index in [9.17, 15) is 13.5 Å². The Bertz CT molecular complexity index is 619. The van der Waals surface area contributed by atoms with Gasteiger partial charge in [-0.1, -0.05) is 0 Å². The zero-order chi connectivity index (χ0) is 15.6. The van der Waals surface area contributed by atoms with Gasteiger partial charge >= 0.3 is 0 Å². The number of ether oxygens (including phenoxy) is 2. The molecule has 2 rings (SSSR count). The Balaban J connectivity index is 2.49. The summed E-state index contributed by atoms with van der Waals surface area (Å²) in [6.07, 6.45) is 1.41. The van der Waals surface area contributed by atoms with Gasteiger partial charge in [0.25, 0.3) is 0 Å². The van der Waals surface area contributed by atoms with Crippen LogP contribution in [0.4, 0.5) is 0 Å². The third-order valence-electron chi connectivity index (χ3n) is 3.56. The molecule has 1 heterocycles. The Morgan fingerprint density at radius 1 is 1.33 bits per heavy atom. The molecular weight excluding hydrogens is 362 g/mol. The molecule has 0 bridgehead atoms. The average molecular weight is 380 g/mol. The molecule has 1 aromatic carbocycles. The molecule has 1 atom stereocenters. The van der Waals surface area contributed by atoms with Gasteiger partial charge in [0.05, 0.1) is 20.8 Å². The topological polar surface area (TPSA) is 76.1 Å². The zero-order valence-electron chi connectivity index (χ0n) is 11.9. The van der Waals surface area contributed by atoms with Crippen molar-refractivity contribution in [1.82, 2.24) is 4.31 Å². The van der Waals surface area contributed by atoms with Gasteiger partial charge in [-0.2, -0.15) is 4.31 Å². The molecule has 0 spiro atoms. The highest BCUT2D eigenvalue weighted by atomic mass is 79.9. The van der Waals surface area contributed by atoms with Crippen LogP contribution in [-0.4, -0.2) is 51.2 Å². The first-order chi connectivity index (χ1) is 9.95. The Hall–Kier alpha value is -0.830. The van der Waals surface area contributed by atoms with Gasteiger partial charge in [0.15, 0.2) is 11.5 Å². The van der Waals surface area contributed by atoms with E-state index < -0.39 is 10.0 Å². The Kier molecular flexibility index (Phi) is 5.13. The zero-order valence-corrected chi connectivity index (χ0v) is 14.3. The smallest absolute Gasteiger partial charge is 0.244 e. The van der Waals surface area contributed by atoms with Crippen molar-refractivity contribution in [3.8, 4) is 11.5 Å². The number of hydrogen-bond donors (Lipinski definition) is 1. The second-order valence-electron chi connectivity index (χ2n) is 4.73. The van der Waals surface area contributed by atoms with E-state index in [1.165, 1.54) is 24.6 Å². The maximum absolute atomic E-state index is 12.8. The van der Waals surface area contributed by atoms with Gasteiger partial charge in [-0.3, -0.25) is 0 Å². The van der Waals surface area contributed by atoms with Crippen molar-refractivity contribution >= 4 is 26.0 Å². The van der Waals surface area contributed by atoms with E-state index in [-0.39, 0.29) is 17.5 Å². The number of methoxy groups -OCH3 is 2. The quantitative estimate of drug-likeness (QED) is 0.840. The van der Waals surface area contributed by atoms with Gasteiger partial charge in [-0.05, 0) is 34.8 Å². The Labute approximate surface area is 132 Å². The third kappa shape index (κ3) is 3.03. The molecule has 1 aliphatic heterocycles. The van der Waals surface area contributed by atoms with Gasteiger partial charge < -0.3 is 14.6 Å². The molecule has 0 saturated carbocycles. The molecule has 0 amide bonds. The molecule has 0 aromatic heterocycles. The van der Waals surface area contributed by atoms with Gasteiger partial charge in [0.2, 0.25) is 10.0 Å². The fraction of sp³-hybridized carbons (Fsp3) is 0.538. The van der Waals surface area contributed by atoms with Crippen LogP contribution < -0.4 is 9.47 Å². The minimum Gasteiger partial charge on any atom is -0.493 e. The van der Waals surface area contributed by atoms with Crippen LogP contribution >= 0.6 is 15.9 Å². The van der Waals surface area contributed by atoms with E-state index in [0.717, 1.165) is 6.42 Å². The summed E-state index contributed by atoms with van der Waals surface area (Å²) in [5.41, 5.74) is 0. The fourth-order valence-corrected chi connectivity index (χ4v) is 5.15. The second-order valence-corrected chi connectivity index (χ2v) is 7.45. The highest BCUT2D eigenvalue weighted by molar-refractivity contribution is 9.10. The minimum absolute atomic E-state index is 0.112. The minimum atomic E-state index is -3.70. The van der Waals surface area contributed by atoms with E-state index >= 15 is 0 Å². The van der Waals surface area contributed by atoms with Crippen molar-refractivity contribution in [2.24, 2.45) is 0 Å². The first-order valence-corrected chi connectivity index (χ1v) is 8.73. The highest BCUT2D eigenvalue weighted by Gasteiger charge is 2.36. The van der Waals surface area contributed by atoms with Crippen LogP contribution in [0, 0.1) is 0 Å². The molecule has 1 fully saturated rings. The van der Waals surface area contributed by atoms with E-state index in [2.05, 4.69) is 15.9 Å². The van der Waals surface area contributed by atoms with E-state index in [1.807, 2.05) is 0 Å². The molecule has 6 nitrogen and oxygen atoms in total. The number of benzene rings is 1. The molecule has 1 saturated heterocycles. The summed E-state index contributed by atoms with van der Waals surface area (Å²) < 4.78 is 37.6. The monoisotopic (exact) mass is 379 g/mol. The predicted octanol–water partition coefficient (Wildman–Crippen LogP) is 1.61. The van der Waals surface area contributed by atoms with Gasteiger partial charge in [-0.15, -0.1) is 0 Å². The second kappa shape index (κ2) is 6.51. The van der Waals surface area contributed by atoms with Crippen molar-refractivity contribution in [1.29, 1.82) is 0 Å². The van der Waals surface area contributed by atoms with Gasteiger partial charge in [0.1, 0.15) is 4.90 Å². The van der Waals surface area contributed by atoms with Crippen LogP contribution in [0.2, 0.25) is 0 Å². The Morgan fingerprint density at radius 2 is 1.95 bits per heavy atom. The normalized spacial score (nSPS) is 19.7. The SMILES string of the molecule is COc1cc(Br)c(S(=O)(=O)N2CCCC2CO)cc1OC. The van der Waals surface area contributed by atoms with E-state index in [4.69, 9.17) is 9.47 Å². The molecule has 1 aromatic rings. The maximum atomic E-state index is 12.8. The average Bonchev–Trinajstić information content (AvgIpc) is 2.95. The van der Waals surface area contributed by atoms with Crippen molar-refractivity contribution < 1.29 is 23.0 Å². The van der Waals surface area contributed by atoms with Crippen LogP contribution in [-0.2, 0) is 10.0 Å². The highest BCUT2D eigenvalue weighted by Crippen LogP contribution is 2.38. The predicted molar refractivity (Wildman–Crippen MR) is 81.2 cm³/mol. The summed E-state index contributed by atoms with van der Waals surface area (Å²) in [5.74, 6) is 0.794. The van der Waals surface area contributed by atoms with Crippen molar-refractivity contribution in [3.05, 3.63) is 16.6 Å². The lowest BCUT2D eigenvalue weighted by Crippen LogP contribution is -2.37. The van der Waals surface area contributed by atoms with Gasteiger partial charge in [-0.25, -0.2) is 8.42 Å². The number of sulfonamides is 1. The van der Waals surface area contributed by atoms with E-state index in [1.54, 1.807) is 6.07 Å². The number of halogens is 1. The lowest BCUT2D eigenvalue weighted by molar-refractivity contribution is 0.213. The van der Waals surface area contributed by atoms with Crippen molar-refractivity contribution in [2.75, 3.05) is 27.4 Å². The summed E-state index contributed by atoms with van der Waals surface area (Å²) in [6.45, 7) is 0.235. The standard InChI is InChI=1S/C13H18BrNO5S/c1-19-11-6-10(14)13(7-12(11)20-2)21(17,18)15-5-3-4-9(15)8-16/h6-7,9,16H,3-5,8H2,1-2H3. The maximum Gasteiger partial charge on any atom is 0.244 e. The van der Waals surface area contributed by atoms with Crippen LogP contribution in [0.3, 0.4) is 0 Å². The first-order valence-electron chi connectivity index (χ1n) is 6.50. The van der Waals surface area contributed by atoms with Crippen LogP contribution in [0.5, 0.6) is 11.5 Å². The summed E-state index contributed by atoms with van der Waals surface area (Å²) in [6, 6.07) is 2.63. The lowest BCUT2D eigenvalue weighted by Gasteiger charge is -2.23. The van der Waals surface area contributed by atoms with Crippen LogP contribution in [0.25, 0.3) is 0 Å². The molecule has 118 valence electrons. The molecule has 8 heteroatoms. The molecule has 1 aliphatic rings. The van der Waals surface area contributed by atoms with E-state index in [0.29, 0.717) is 28.9 Å². The Morgan fingerprint density at radius 3 is 2.52 bits per heavy atom. The first kappa shape index (κ1) is 16.5. The molecular formula is C13H18BrNO5S. The summed E-state index contributed by atoms with van der Waals surface area (Å²) >= 11 is 3.27. The largest absolute Gasteiger partial charge is 0.493 e. The molecule has 0 radical (unpaired) electrons. The summed E-state index contributed by atoms with van der Waals surface area (Å²) in [4.78, 5) is 0.112. The summed E-state index contributed by atoms with van der Waals surface area (Å²) in [5, 5.41) is 9.34. The molecule has 21 heavy (non-hydrogen) atoms. The van der Waals surface area contributed by atoms with Crippen molar-refractivity contribution in [2.45, 2.75) is 23.8 Å². The fourth-order valence-electron chi connectivity index (χ4n) is 2.47. The third-order valence-corrected chi connectivity index (χ3v) is 6.47. The molecule has 1 unspecified atom stereocenters. The number of nitrogens with zero attached hydrogens (tertiary/aromatic N) is 1. The number of rotatable bonds is 5. The number of aliphatic hydroxyl groups excluding tert-OH is 1.